The molecule has 29 heavy (non-hydrogen) atoms. The van der Waals surface area contributed by atoms with Gasteiger partial charge >= 0.3 is 0 Å². The smallest absolute Gasteiger partial charge is 0.293 e. The highest BCUT2D eigenvalue weighted by atomic mass is 79.9. The molecule has 2 aromatic rings. The van der Waals surface area contributed by atoms with Gasteiger partial charge in [-0.15, -0.1) is 0 Å². The van der Waals surface area contributed by atoms with E-state index >= 15 is 0 Å². The summed E-state index contributed by atoms with van der Waals surface area (Å²) < 4.78 is 12.1. The maximum Gasteiger partial charge on any atom is 0.293 e. The average molecular weight is 476 g/mol. The van der Waals surface area contributed by atoms with Crippen molar-refractivity contribution in [2.75, 3.05) is 13.7 Å². The van der Waals surface area contributed by atoms with Gasteiger partial charge in [0.05, 0.1) is 25.2 Å². The van der Waals surface area contributed by atoms with Crippen molar-refractivity contribution in [1.82, 2.24) is 4.90 Å². The van der Waals surface area contributed by atoms with Gasteiger partial charge in [0.15, 0.2) is 11.5 Å². The molecule has 1 heterocycles. The second kappa shape index (κ2) is 9.50. The molecule has 1 fully saturated rings. The van der Waals surface area contributed by atoms with Crippen molar-refractivity contribution in [3.63, 3.8) is 0 Å². The lowest BCUT2D eigenvalue weighted by atomic mass is 10.1. The summed E-state index contributed by atoms with van der Waals surface area (Å²) in [5.41, 5.74) is 1.66. The molecular weight excluding hydrogens is 454 g/mol. The van der Waals surface area contributed by atoms with Crippen molar-refractivity contribution in [3.8, 4) is 11.5 Å². The third kappa shape index (κ3) is 5.42. The maximum atomic E-state index is 12.8. The fourth-order valence-corrected chi connectivity index (χ4v) is 4.04. The number of amides is 2. The molecule has 152 valence electrons. The zero-order valence-corrected chi connectivity index (χ0v) is 18.9. The Morgan fingerprint density at radius 2 is 1.93 bits per heavy atom. The quantitative estimate of drug-likeness (QED) is 0.478. The van der Waals surface area contributed by atoms with Gasteiger partial charge in [0, 0.05) is 4.47 Å². The Labute approximate surface area is 183 Å². The predicted octanol–water partition coefficient (Wildman–Crippen LogP) is 5.73. The summed E-state index contributed by atoms with van der Waals surface area (Å²) in [6.07, 6.45) is 1.71. The first-order valence-electron chi connectivity index (χ1n) is 9.18. The molecule has 1 aliphatic rings. The van der Waals surface area contributed by atoms with Gasteiger partial charge in [-0.2, -0.15) is 0 Å². The van der Waals surface area contributed by atoms with Crippen LogP contribution in [0.4, 0.5) is 4.79 Å². The number of hydrogen-bond donors (Lipinski definition) is 0. The number of hydrogen-bond acceptors (Lipinski definition) is 5. The first-order chi connectivity index (χ1) is 13.9. The van der Waals surface area contributed by atoms with E-state index in [1.807, 2.05) is 36.4 Å². The monoisotopic (exact) mass is 475 g/mol. The number of halogens is 1. The summed E-state index contributed by atoms with van der Waals surface area (Å²) in [6, 6.07) is 13.0. The van der Waals surface area contributed by atoms with E-state index in [2.05, 4.69) is 29.8 Å². The lowest BCUT2D eigenvalue weighted by Crippen LogP contribution is -2.27. The molecule has 0 unspecified atom stereocenters. The highest BCUT2D eigenvalue weighted by Crippen LogP contribution is 2.35. The average Bonchev–Trinajstić information content (AvgIpc) is 2.94. The van der Waals surface area contributed by atoms with E-state index in [1.54, 1.807) is 19.3 Å². The molecule has 0 spiro atoms. The van der Waals surface area contributed by atoms with Gasteiger partial charge in [-0.05, 0) is 59.1 Å². The molecule has 1 saturated heterocycles. The van der Waals surface area contributed by atoms with Crippen LogP contribution < -0.4 is 9.47 Å². The molecular formula is C22H22BrNO4S. The Hall–Kier alpha value is -2.25. The van der Waals surface area contributed by atoms with Crippen LogP contribution in [0.5, 0.6) is 11.5 Å². The van der Waals surface area contributed by atoms with Gasteiger partial charge in [0.2, 0.25) is 0 Å². The van der Waals surface area contributed by atoms with Gasteiger partial charge in [-0.25, -0.2) is 0 Å². The normalized spacial score (nSPS) is 15.5. The second-order valence-corrected chi connectivity index (χ2v) is 8.92. The molecule has 2 amide bonds. The molecule has 3 rings (SSSR count). The van der Waals surface area contributed by atoms with Crippen LogP contribution in [-0.2, 0) is 11.3 Å². The van der Waals surface area contributed by atoms with Crippen molar-refractivity contribution < 1.29 is 19.1 Å². The Balaban J connectivity index is 1.78. The van der Waals surface area contributed by atoms with Gasteiger partial charge < -0.3 is 9.47 Å². The summed E-state index contributed by atoms with van der Waals surface area (Å²) in [6.45, 7) is 4.98. The molecule has 5 nitrogen and oxygen atoms in total. The first kappa shape index (κ1) is 21.5. The summed E-state index contributed by atoms with van der Waals surface area (Å²) in [5, 5.41) is -0.273. The van der Waals surface area contributed by atoms with E-state index in [0.29, 0.717) is 28.9 Å². The van der Waals surface area contributed by atoms with Gasteiger partial charge in [-0.1, -0.05) is 48.0 Å². The van der Waals surface area contributed by atoms with Gasteiger partial charge in [0.1, 0.15) is 0 Å². The lowest BCUT2D eigenvalue weighted by molar-refractivity contribution is -0.123. The molecule has 0 N–H and O–H groups in total. The Morgan fingerprint density at radius 3 is 2.62 bits per heavy atom. The SMILES string of the molecule is COc1cc(C=C2SC(=O)N(Cc3cccc(Br)c3)C2=O)ccc1OCC(C)C. The Bertz CT molecular complexity index is 958. The fourth-order valence-electron chi connectivity index (χ4n) is 2.76. The number of ether oxygens (including phenoxy) is 2. The minimum absolute atomic E-state index is 0.243. The highest BCUT2D eigenvalue weighted by Gasteiger charge is 2.35. The van der Waals surface area contributed by atoms with Crippen LogP contribution in [0.3, 0.4) is 0 Å². The van der Waals surface area contributed by atoms with Crippen LogP contribution in [0.2, 0.25) is 0 Å². The van der Waals surface area contributed by atoms with Crippen molar-refractivity contribution >= 4 is 44.9 Å². The van der Waals surface area contributed by atoms with E-state index in [1.165, 1.54) is 4.90 Å². The van der Waals surface area contributed by atoms with Crippen LogP contribution in [-0.4, -0.2) is 29.8 Å². The molecule has 0 bridgehead atoms. The number of rotatable bonds is 7. The topological polar surface area (TPSA) is 55.8 Å². The third-order valence-corrected chi connectivity index (χ3v) is 5.56. The van der Waals surface area contributed by atoms with Crippen LogP contribution in [0.1, 0.15) is 25.0 Å². The van der Waals surface area contributed by atoms with Crippen molar-refractivity contribution in [3.05, 3.63) is 63.0 Å². The highest BCUT2D eigenvalue weighted by molar-refractivity contribution is 9.10. The standard InChI is InChI=1S/C22H22BrNO4S/c1-14(2)13-28-18-8-7-15(10-19(18)27-3)11-20-21(25)24(22(26)29-20)12-16-5-4-6-17(23)9-16/h4-11,14H,12-13H2,1-3H3. The van der Waals surface area contributed by atoms with Crippen LogP contribution >= 0.6 is 27.7 Å². The first-order valence-corrected chi connectivity index (χ1v) is 10.8. The van der Waals surface area contributed by atoms with Crippen molar-refractivity contribution in [1.29, 1.82) is 0 Å². The minimum Gasteiger partial charge on any atom is -0.493 e. The van der Waals surface area contributed by atoms with Crippen LogP contribution in [0.15, 0.2) is 51.8 Å². The van der Waals surface area contributed by atoms with Crippen molar-refractivity contribution in [2.45, 2.75) is 20.4 Å². The van der Waals surface area contributed by atoms with Crippen LogP contribution in [0.25, 0.3) is 6.08 Å². The van der Waals surface area contributed by atoms with E-state index in [4.69, 9.17) is 9.47 Å². The number of nitrogens with zero attached hydrogens (tertiary/aromatic N) is 1. The molecule has 1 aliphatic heterocycles. The van der Waals surface area contributed by atoms with E-state index in [0.717, 1.165) is 27.4 Å². The number of methoxy groups -OCH3 is 1. The van der Waals surface area contributed by atoms with E-state index in [9.17, 15) is 9.59 Å². The van der Waals surface area contributed by atoms with E-state index < -0.39 is 0 Å². The third-order valence-electron chi connectivity index (χ3n) is 4.16. The lowest BCUT2D eigenvalue weighted by Gasteiger charge is -2.13. The molecule has 0 saturated carbocycles. The van der Waals surface area contributed by atoms with Crippen molar-refractivity contribution in [2.24, 2.45) is 5.92 Å². The summed E-state index contributed by atoms with van der Waals surface area (Å²) >= 11 is 4.36. The fraction of sp³-hybridized carbons (Fsp3) is 0.273. The predicted molar refractivity (Wildman–Crippen MR) is 119 cm³/mol. The minimum atomic E-state index is -0.293. The summed E-state index contributed by atoms with van der Waals surface area (Å²) in [4.78, 5) is 26.8. The Morgan fingerprint density at radius 1 is 1.14 bits per heavy atom. The summed E-state index contributed by atoms with van der Waals surface area (Å²) in [7, 11) is 1.58. The Kier molecular flexibility index (Phi) is 7.03. The van der Waals surface area contributed by atoms with E-state index in [-0.39, 0.29) is 17.7 Å². The largest absolute Gasteiger partial charge is 0.493 e. The number of carbonyl (C=O) groups excluding carboxylic acids is 2. The molecule has 0 aromatic heterocycles. The van der Waals surface area contributed by atoms with Gasteiger partial charge in [-0.3, -0.25) is 14.5 Å². The summed E-state index contributed by atoms with van der Waals surface area (Å²) in [5.74, 6) is 1.35. The number of imide groups is 1. The number of thioether (sulfide) groups is 1. The molecule has 2 aromatic carbocycles. The second-order valence-electron chi connectivity index (χ2n) is 7.01. The molecule has 0 radical (unpaired) electrons. The van der Waals surface area contributed by atoms with Gasteiger partial charge in [0.25, 0.3) is 11.1 Å². The number of carbonyl (C=O) groups is 2. The van der Waals surface area contributed by atoms with Crippen LogP contribution in [0, 0.1) is 5.92 Å². The molecule has 0 aliphatic carbocycles. The molecule has 0 atom stereocenters. The maximum absolute atomic E-state index is 12.8. The zero-order chi connectivity index (χ0) is 21.0. The zero-order valence-electron chi connectivity index (χ0n) is 16.5. The number of benzene rings is 2. The molecule has 7 heteroatoms.